The summed E-state index contributed by atoms with van der Waals surface area (Å²) in [5.41, 5.74) is 7.03. The van der Waals surface area contributed by atoms with Crippen LogP contribution in [0.5, 0.6) is 0 Å². The molecule has 0 saturated heterocycles. The van der Waals surface area contributed by atoms with Gasteiger partial charge in [-0.3, -0.25) is 9.59 Å². The van der Waals surface area contributed by atoms with E-state index >= 15 is 0 Å². The minimum Gasteiger partial charge on any atom is -0.366 e. The number of carbonyl (C=O) groups excluding carboxylic acids is 2. The van der Waals surface area contributed by atoms with Crippen LogP contribution in [0.2, 0.25) is 0 Å². The van der Waals surface area contributed by atoms with E-state index in [1.54, 1.807) is 42.1 Å². The molecule has 0 aliphatic carbocycles. The number of nitrogens with two attached hydrogens (primary N) is 1. The van der Waals surface area contributed by atoms with Gasteiger partial charge < -0.3 is 11.1 Å². The molecule has 0 saturated carbocycles. The summed E-state index contributed by atoms with van der Waals surface area (Å²) in [6, 6.07) is 14.4. The topological polar surface area (TPSA) is 72.2 Å². The first-order valence-corrected chi connectivity index (χ1v) is 7.84. The normalized spacial score (nSPS) is 10.6. The van der Waals surface area contributed by atoms with E-state index < -0.39 is 5.91 Å². The summed E-state index contributed by atoms with van der Waals surface area (Å²) in [5, 5.41) is 2.69. The lowest BCUT2D eigenvalue weighted by molar-refractivity contribution is -0.111. The first-order chi connectivity index (χ1) is 10.6. The summed E-state index contributed by atoms with van der Waals surface area (Å²) in [4.78, 5) is 24.1. The molecular formula is C17H16N2O2S. The Morgan fingerprint density at radius 1 is 1.14 bits per heavy atom. The third kappa shape index (κ3) is 4.49. The monoisotopic (exact) mass is 312 g/mol. The number of nitrogens with one attached hydrogen (secondary N) is 1. The van der Waals surface area contributed by atoms with Crippen molar-refractivity contribution in [2.75, 3.05) is 11.6 Å². The maximum Gasteiger partial charge on any atom is 0.248 e. The first kappa shape index (κ1) is 15.9. The number of benzene rings is 2. The molecule has 5 heteroatoms. The minimum absolute atomic E-state index is 0.268. The Balaban J connectivity index is 2.01. The summed E-state index contributed by atoms with van der Waals surface area (Å²) in [7, 11) is 0. The highest BCUT2D eigenvalue weighted by Gasteiger charge is 2.03. The molecule has 3 N–H and O–H groups in total. The maximum atomic E-state index is 11.9. The van der Waals surface area contributed by atoms with Gasteiger partial charge in [0.15, 0.2) is 0 Å². The average molecular weight is 312 g/mol. The van der Waals surface area contributed by atoms with Crippen LogP contribution in [0.15, 0.2) is 59.5 Å². The van der Waals surface area contributed by atoms with Crippen LogP contribution in [-0.2, 0) is 4.79 Å². The fourth-order valence-electron chi connectivity index (χ4n) is 1.82. The molecule has 0 radical (unpaired) electrons. The maximum absolute atomic E-state index is 11.9. The van der Waals surface area contributed by atoms with E-state index in [4.69, 9.17) is 5.73 Å². The highest BCUT2D eigenvalue weighted by molar-refractivity contribution is 7.98. The van der Waals surface area contributed by atoms with Gasteiger partial charge in [-0.05, 0) is 48.2 Å². The number of primary amides is 1. The molecule has 0 bridgehead atoms. The molecule has 2 rings (SSSR count). The zero-order valence-electron chi connectivity index (χ0n) is 12.1. The highest BCUT2D eigenvalue weighted by atomic mass is 32.2. The van der Waals surface area contributed by atoms with Gasteiger partial charge >= 0.3 is 0 Å². The van der Waals surface area contributed by atoms with Gasteiger partial charge in [-0.25, -0.2) is 0 Å². The second-order valence-electron chi connectivity index (χ2n) is 4.54. The molecule has 0 aromatic heterocycles. The minimum atomic E-state index is -0.527. The van der Waals surface area contributed by atoms with Crippen molar-refractivity contribution in [2.45, 2.75) is 4.90 Å². The molecule has 4 nitrogen and oxygen atoms in total. The van der Waals surface area contributed by atoms with E-state index in [2.05, 4.69) is 5.32 Å². The van der Waals surface area contributed by atoms with Gasteiger partial charge in [-0.15, -0.1) is 11.8 Å². The smallest absolute Gasteiger partial charge is 0.248 e. The Kier molecular flexibility index (Phi) is 5.38. The van der Waals surface area contributed by atoms with Gasteiger partial charge in [-0.2, -0.15) is 0 Å². The van der Waals surface area contributed by atoms with E-state index in [0.29, 0.717) is 11.3 Å². The van der Waals surface area contributed by atoms with Crippen molar-refractivity contribution in [3.05, 3.63) is 65.7 Å². The molecular weight excluding hydrogens is 296 g/mol. The SMILES string of the molecule is CSc1ccc(C=CC(=O)Nc2cccc(C(N)=O)c2)cc1. The zero-order valence-corrected chi connectivity index (χ0v) is 12.9. The lowest BCUT2D eigenvalue weighted by Crippen LogP contribution is -2.12. The number of anilines is 1. The molecule has 0 spiro atoms. The van der Waals surface area contributed by atoms with Crippen molar-refractivity contribution in [3.63, 3.8) is 0 Å². The van der Waals surface area contributed by atoms with Crippen LogP contribution in [0.1, 0.15) is 15.9 Å². The van der Waals surface area contributed by atoms with Crippen molar-refractivity contribution in [3.8, 4) is 0 Å². The lowest BCUT2D eigenvalue weighted by atomic mass is 10.2. The molecule has 0 heterocycles. The first-order valence-electron chi connectivity index (χ1n) is 6.61. The average Bonchev–Trinajstić information content (AvgIpc) is 2.53. The largest absolute Gasteiger partial charge is 0.366 e. The van der Waals surface area contributed by atoms with Crippen LogP contribution in [0.25, 0.3) is 6.08 Å². The highest BCUT2D eigenvalue weighted by Crippen LogP contribution is 2.15. The van der Waals surface area contributed by atoms with Crippen molar-refractivity contribution >= 4 is 35.3 Å². The Morgan fingerprint density at radius 2 is 1.86 bits per heavy atom. The van der Waals surface area contributed by atoms with E-state index in [1.807, 2.05) is 30.5 Å². The molecule has 22 heavy (non-hydrogen) atoms. The molecule has 0 unspecified atom stereocenters. The Labute approximate surface area is 133 Å². The van der Waals surface area contributed by atoms with Crippen LogP contribution in [-0.4, -0.2) is 18.1 Å². The summed E-state index contributed by atoms with van der Waals surface area (Å²) in [6.07, 6.45) is 5.20. The number of thioether (sulfide) groups is 1. The van der Waals surface area contributed by atoms with E-state index in [0.717, 1.165) is 5.56 Å². The van der Waals surface area contributed by atoms with Crippen molar-refractivity contribution in [1.29, 1.82) is 0 Å². The number of rotatable bonds is 5. The van der Waals surface area contributed by atoms with Crippen LogP contribution >= 0.6 is 11.8 Å². The molecule has 112 valence electrons. The second kappa shape index (κ2) is 7.47. The van der Waals surface area contributed by atoms with Crippen LogP contribution < -0.4 is 11.1 Å². The van der Waals surface area contributed by atoms with E-state index in [1.165, 1.54) is 11.0 Å². The predicted octanol–water partition coefficient (Wildman–Crippen LogP) is 3.16. The summed E-state index contributed by atoms with van der Waals surface area (Å²) in [5.74, 6) is -0.795. The van der Waals surface area contributed by atoms with Crippen LogP contribution in [0, 0.1) is 0 Å². The molecule has 0 atom stereocenters. The molecule has 2 aromatic carbocycles. The van der Waals surface area contributed by atoms with Gasteiger partial charge in [0, 0.05) is 22.2 Å². The molecule has 0 aliphatic rings. The summed E-state index contributed by atoms with van der Waals surface area (Å²) < 4.78 is 0. The van der Waals surface area contributed by atoms with Crippen molar-refractivity contribution < 1.29 is 9.59 Å². The summed E-state index contributed by atoms with van der Waals surface area (Å²) in [6.45, 7) is 0. The van der Waals surface area contributed by atoms with Gasteiger partial charge in [0.1, 0.15) is 0 Å². The predicted molar refractivity (Wildman–Crippen MR) is 90.8 cm³/mol. The van der Waals surface area contributed by atoms with Gasteiger partial charge in [0.25, 0.3) is 0 Å². The third-order valence-electron chi connectivity index (χ3n) is 2.96. The Hall–Kier alpha value is -2.53. The number of carbonyl (C=O) groups is 2. The Bertz CT molecular complexity index is 709. The van der Waals surface area contributed by atoms with Crippen molar-refractivity contribution in [2.24, 2.45) is 5.73 Å². The number of hydrogen-bond donors (Lipinski definition) is 2. The third-order valence-corrected chi connectivity index (χ3v) is 3.70. The van der Waals surface area contributed by atoms with E-state index in [-0.39, 0.29) is 5.91 Å². The fraction of sp³-hybridized carbons (Fsp3) is 0.0588. The molecule has 0 fully saturated rings. The van der Waals surface area contributed by atoms with Gasteiger partial charge in [-0.1, -0.05) is 18.2 Å². The lowest BCUT2D eigenvalue weighted by Gasteiger charge is -2.03. The molecule has 2 aromatic rings. The summed E-state index contributed by atoms with van der Waals surface area (Å²) >= 11 is 1.67. The quantitative estimate of drug-likeness (QED) is 0.658. The molecule has 2 amide bonds. The van der Waals surface area contributed by atoms with Gasteiger partial charge in [0.2, 0.25) is 11.8 Å². The Morgan fingerprint density at radius 3 is 2.50 bits per heavy atom. The molecule has 0 aliphatic heterocycles. The number of hydrogen-bond acceptors (Lipinski definition) is 3. The second-order valence-corrected chi connectivity index (χ2v) is 5.42. The van der Waals surface area contributed by atoms with Crippen LogP contribution in [0.3, 0.4) is 0 Å². The zero-order chi connectivity index (χ0) is 15.9. The number of amides is 2. The van der Waals surface area contributed by atoms with E-state index in [9.17, 15) is 9.59 Å². The van der Waals surface area contributed by atoms with Crippen molar-refractivity contribution in [1.82, 2.24) is 0 Å². The standard InChI is InChI=1S/C17H16N2O2S/c1-22-15-8-5-12(6-9-15)7-10-16(20)19-14-4-2-3-13(11-14)17(18)21/h2-11H,1H3,(H2,18,21)(H,19,20). The van der Waals surface area contributed by atoms with Crippen LogP contribution in [0.4, 0.5) is 5.69 Å². The fourth-order valence-corrected chi connectivity index (χ4v) is 2.23. The van der Waals surface area contributed by atoms with Gasteiger partial charge in [0.05, 0.1) is 0 Å².